The lowest BCUT2D eigenvalue weighted by Gasteiger charge is -2.02. The highest BCUT2D eigenvalue weighted by Gasteiger charge is 2.07. The SMILES string of the molecule is Cc1ccc(F)c(-n2cc(C=O)nn2)c1. The molecule has 0 fully saturated rings. The molecule has 0 spiro atoms. The Morgan fingerprint density at radius 3 is 2.93 bits per heavy atom. The maximum Gasteiger partial charge on any atom is 0.171 e. The Morgan fingerprint density at radius 2 is 2.27 bits per heavy atom. The lowest BCUT2D eigenvalue weighted by molar-refractivity contribution is 0.111. The quantitative estimate of drug-likeness (QED) is 0.698. The van der Waals surface area contributed by atoms with Crippen LogP contribution in [0.1, 0.15) is 16.1 Å². The van der Waals surface area contributed by atoms with E-state index in [9.17, 15) is 9.18 Å². The van der Waals surface area contributed by atoms with Crippen LogP contribution in [-0.2, 0) is 0 Å². The number of hydrogen-bond acceptors (Lipinski definition) is 3. The third kappa shape index (κ3) is 1.76. The Bertz CT molecular complexity index is 507. The van der Waals surface area contributed by atoms with E-state index in [1.165, 1.54) is 16.9 Å². The molecule has 0 atom stereocenters. The van der Waals surface area contributed by atoms with Gasteiger partial charge in [0.05, 0.1) is 6.20 Å². The zero-order valence-electron chi connectivity index (χ0n) is 8.01. The summed E-state index contributed by atoms with van der Waals surface area (Å²) in [6.45, 7) is 1.85. The molecule has 0 unspecified atom stereocenters. The number of rotatable bonds is 2. The number of nitrogens with zero attached hydrogens (tertiary/aromatic N) is 3. The van der Waals surface area contributed by atoms with E-state index < -0.39 is 5.82 Å². The highest BCUT2D eigenvalue weighted by molar-refractivity contribution is 5.70. The fourth-order valence-corrected chi connectivity index (χ4v) is 1.25. The molecule has 0 aliphatic carbocycles. The van der Waals surface area contributed by atoms with Crippen molar-refractivity contribution in [3.8, 4) is 5.69 Å². The van der Waals surface area contributed by atoms with Gasteiger partial charge in [-0.15, -0.1) is 5.10 Å². The van der Waals surface area contributed by atoms with Crippen LogP contribution in [0.4, 0.5) is 4.39 Å². The lowest BCUT2D eigenvalue weighted by Crippen LogP contribution is -1.98. The first-order valence-electron chi connectivity index (χ1n) is 4.35. The summed E-state index contributed by atoms with van der Waals surface area (Å²) < 4.78 is 14.6. The molecule has 0 aliphatic heterocycles. The second-order valence-corrected chi connectivity index (χ2v) is 3.16. The van der Waals surface area contributed by atoms with Crippen LogP contribution >= 0.6 is 0 Å². The van der Waals surface area contributed by atoms with Gasteiger partial charge < -0.3 is 0 Å². The standard InChI is InChI=1S/C10H8FN3O/c1-7-2-3-9(11)10(4-7)14-5-8(6-15)12-13-14/h2-6H,1H3. The molecular formula is C10H8FN3O. The minimum Gasteiger partial charge on any atom is -0.296 e. The van der Waals surface area contributed by atoms with E-state index in [4.69, 9.17) is 0 Å². The fraction of sp³-hybridized carbons (Fsp3) is 0.100. The number of benzene rings is 1. The molecule has 1 heterocycles. The molecule has 2 rings (SSSR count). The molecule has 5 heteroatoms. The van der Waals surface area contributed by atoms with Gasteiger partial charge in [0.1, 0.15) is 17.2 Å². The molecule has 0 bridgehead atoms. The third-order valence-electron chi connectivity index (χ3n) is 1.98. The van der Waals surface area contributed by atoms with Crippen molar-refractivity contribution in [2.24, 2.45) is 0 Å². The molecule has 2 aromatic rings. The minimum absolute atomic E-state index is 0.177. The van der Waals surface area contributed by atoms with Crippen LogP contribution in [-0.4, -0.2) is 21.3 Å². The van der Waals surface area contributed by atoms with Gasteiger partial charge in [-0.2, -0.15) is 0 Å². The minimum atomic E-state index is -0.400. The van der Waals surface area contributed by atoms with Crippen molar-refractivity contribution in [3.05, 3.63) is 41.5 Å². The smallest absolute Gasteiger partial charge is 0.171 e. The summed E-state index contributed by atoms with van der Waals surface area (Å²) in [5.41, 5.74) is 1.38. The van der Waals surface area contributed by atoms with E-state index in [-0.39, 0.29) is 11.4 Å². The van der Waals surface area contributed by atoms with Crippen LogP contribution in [0.5, 0.6) is 0 Å². The summed E-state index contributed by atoms with van der Waals surface area (Å²) in [4.78, 5) is 10.4. The zero-order chi connectivity index (χ0) is 10.8. The van der Waals surface area contributed by atoms with Crippen LogP contribution in [0, 0.1) is 12.7 Å². The van der Waals surface area contributed by atoms with Crippen LogP contribution in [0.2, 0.25) is 0 Å². The van der Waals surface area contributed by atoms with Crippen molar-refractivity contribution >= 4 is 6.29 Å². The fourth-order valence-electron chi connectivity index (χ4n) is 1.25. The molecule has 0 N–H and O–H groups in total. The van der Waals surface area contributed by atoms with E-state index >= 15 is 0 Å². The zero-order valence-corrected chi connectivity index (χ0v) is 8.01. The first-order valence-corrected chi connectivity index (χ1v) is 4.35. The number of halogens is 1. The highest BCUT2D eigenvalue weighted by atomic mass is 19.1. The van der Waals surface area contributed by atoms with E-state index in [1.54, 1.807) is 12.1 Å². The highest BCUT2D eigenvalue weighted by Crippen LogP contribution is 2.13. The normalized spacial score (nSPS) is 10.3. The van der Waals surface area contributed by atoms with Gasteiger partial charge in [0.15, 0.2) is 6.29 Å². The third-order valence-corrected chi connectivity index (χ3v) is 1.98. The van der Waals surface area contributed by atoms with E-state index in [2.05, 4.69) is 10.3 Å². The van der Waals surface area contributed by atoms with Crippen LogP contribution < -0.4 is 0 Å². The summed E-state index contributed by atoms with van der Waals surface area (Å²) in [5.74, 6) is -0.400. The lowest BCUT2D eigenvalue weighted by atomic mass is 10.2. The topological polar surface area (TPSA) is 47.8 Å². The molecule has 0 aliphatic rings. The summed E-state index contributed by atoms with van der Waals surface area (Å²) in [7, 11) is 0. The van der Waals surface area contributed by atoms with Crippen molar-refractivity contribution in [1.29, 1.82) is 0 Å². The van der Waals surface area contributed by atoms with E-state index in [0.717, 1.165) is 5.56 Å². The van der Waals surface area contributed by atoms with Crippen molar-refractivity contribution in [1.82, 2.24) is 15.0 Å². The maximum atomic E-state index is 13.4. The van der Waals surface area contributed by atoms with Crippen molar-refractivity contribution in [3.63, 3.8) is 0 Å². The average molecular weight is 205 g/mol. The Labute approximate surface area is 85.3 Å². The molecule has 1 aromatic heterocycles. The van der Waals surface area contributed by atoms with Gasteiger partial charge in [-0.25, -0.2) is 9.07 Å². The predicted molar refractivity (Wildman–Crippen MR) is 51.4 cm³/mol. The molecule has 0 saturated carbocycles. The number of carbonyl (C=O) groups is 1. The Morgan fingerprint density at radius 1 is 1.47 bits per heavy atom. The first-order chi connectivity index (χ1) is 7.20. The molecule has 76 valence electrons. The van der Waals surface area contributed by atoms with Gasteiger partial charge in [-0.3, -0.25) is 4.79 Å². The number of aromatic nitrogens is 3. The summed E-state index contributed by atoms with van der Waals surface area (Å²) in [6, 6.07) is 4.65. The van der Waals surface area contributed by atoms with Crippen molar-refractivity contribution < 1.29 is 9.18 Å². The van der Waals surface area contributed by atoms with E-state index in [1.807, 2.05) is 6.92 Å². The monoisotopic (exact) mass is 205 g/mol. The number of aryl methyl sites for hydroxylation is 1. The molecular weight excluding hydrogens is 197 g/mol. The average Bonchev–Trinajstić information content (AvgIpc) is 2.70. The molecule has 4 nitrogen and oxygen atoms in total. The first kappa shape index (κ1) is 9.51. The predicted octanol–water partition coefficient (Wildman–Crippen LogP) is 1.53. The van der Waals surface area contributed by atoms with Crippen molar-refractivity contribution in [2.45, 2.75) is 6.92 Å². The molecule has 0 radical (unpaired) electrons. The molecule has 1 aromatic carbocycles. The molecule has 0 saturated heterocycles. The van der Waals surface area contributed by atoms with Gasteiger partial charge in [0.25, 0.3) is 0 Å². The van der Waals surface area contributed by atoms with Gasteiger partial charge >= 0.3 is 0 Å². The Kier molecular flexibility index (Phi) is 2.29. The van der Waals surface area contributed by atoms with Gasteiger partial charge in [0.2, 0.25) is 0 Å². The van der Waals surface area contributed by atoms with Crippen molar-refractivity contribution in [2.75, 3.05) is 0 Å². The van der Waals surface area contributed by atoms with Crippen LogP contribution in [0.25, 0.3) is 5.69 Å². The second-order valence-electron chi connectivity index (χ2n) is 3.16. The Hall–Kier alpha value is -2.04. The number of carbonyl (C=O) groups excluding carboxylic acids is 1. The number of hydrogen-bond donors (Lipinski definition) is 0. The van der Waals surface area contributed by atoms with Gasteiger partial charge in [-0.1, -0.05) is 11.3 Å². The summed E-state index contributed by atoms with van der Waals surface area (Å²) in [6.07, 6.45) is 1.95. The molecule has 0 amide bonds. The van der Waals surface area contributed by atoms with E-state index in [0.29, 0.717) is 6.29 Å². The number of aldehydes is 1. The molecule has 15 heavy (non-hydrogen) atoms. The van der Waals surface area contributed by atoms with Crippen LogP contribution in [0.3, 0.4) is 0 Å². The van der Waals surface area contributed by atoms with Gasteiger partial charge in [-0.05, 0) is 24.6 Å². The van der Waals surface area contributed by atoms with Crippen LogP contribution in [0.15, 0.2) is 24.4 Å². The maximum absolute atomic E-state index is 13.4. The largest absolute Gasteiger partial charge is 0.296 e. The summed E-state index contributed by atoms with van der Waals surface area (Å²) >= 11 is 0. The second kappa shape index (κ2) is 3.61. The Balaban J connectivity index is 2.52. The summed E-state index contributed by atoms with van der Waals surface area (Å²) in [5, 5.41) is 7.21. The van der Waals surface area contributed by atoms with Gasteiger partial charge in [0, 0.05) is 0 Å².